The number of hydrogen-bond acceptors (Lipinski definition) is 1. The summed E-state index contributed by atoms with van der Waals surface area (Å²) in [7, 11) is 0. The quantitative estimate of drug-likeness (QED) is 0.528. The lowest BCUT2D eigenvalue weighted by atomic mass is 10.1. The Morgan fingerprint density at radius 2 is 1.93 bits per heavy atom. The number of rotatable bonds is 3. The molecule has 0 saturated heterocycles. The molecule has 0 fully saturated rings. The van der Waals surface area contributed by atoms with E-state index >= 15 is 0 Å². The molecule has 15 heavy (non-hydrogen) atoms. The third-order valence-corrected chi connectivity index (χ3v) is 2.48. The molecule has 2 nitrogen and oxygen atoms in total. The molecule has 1 aromatic carbocycles. The second kappa shape index (κ2) is 5.70. The maximum absolute atomic E-state index is 10.4. The zero-order valence-electron chi connectivity index (χ0n) is 8.27. The molecule has 0 aliphatic carbocycles. The molecule has 1 N–H and O–H groups in total. The van der Waals surface area contributed by atoms with Crippen LogP contribution in [0, 0.1) is 3.57 Å². The van der Waals surface area contributed by atoms with Gasteiger partial charge in [-0.2, -0.15) is 0 Å². The van der Waals surface area contributed by atoms with Crippen LogP contribution in [0.3, 0.4) is 0 Å². The second-order valence-electron chi connectivity index (χ2n) is 3.11. The van der Waals surface area contributed by atoms with Gasteiger partial charge in [0.05, 0.1) is 0 Å². The van der Waals surface area contributed by atoms with Crippen LogP contribution in [0.15, 0.2) is 42.0 Å². The molecule has 0 atom stereocenters. The number of allylic oxidation sites excluding steroid dienone is 2. The summed E-state index contributed by atoms with van der Waals surface area (Å²) in [5, 5.41) is 8.51. The monoisotopic (exact) mass is 314 g/mol. The van der Waals surface area contributed by atoms with Crippen LogP contribution in [-0.2, 0) is 4.79 Å². The van der Waals surface area contributed by atoms with Gasteiger partial charge in [-0.05, 0) is 52.8 Å². The molecule has 0 aromatic heterocycles. The zero-order valence-corrected chi connectivity index (χ0v) is 10.4. The summed E-state index contributed by atoms with van der Waals surface area (Å²) >= 11 is 2.24. The van der Waals surface area contributed by atoms with Crippen LogP contribution in [0.25, 0.3) is 6.08 Å². The van der Waals surface area contributed by atoms with Crippen molar-refractivity contribution in [2.24, 2.45) is 0 Å². The third kappa shape index (κ3) is 4.78. The summed E-state index contributed by atoms with van der Waals surface area (Å²) in [6.07, 6.45) is 4.87. The van der Waals surface area contributed by atoms with Gasteiger partial charge in [0.2, 0.25) is 0 Å². The van der Waals surface area contributed by atoms with Crippen molar-refractivity contribution in [1.29, 1.82) is 0 Å². The highest BCUT2D eigenvalue weighted by Crippen LogP contribution is 2.09. The average molecular weight is 314 g/mol. The van der Waals surface area contributed by atoms with Crippen molar-refractivity contribution >= 4 is 34.6 Å². The number of aliphatic carboxylic acids is 1. The highest BCUT2D eigenvalue weighted by Gasteiger charge is 1.90. The van der Waals surface area contributed by atoms with Gasteiger partial charge in [-0.25, -0.2) is 4.79 Å². The maximum atomic E-state index is 10.4. The average Bonchev–Trinajstić information content (AvgIpc) is 2.16. The Hall–Kier alpha value is -1.10. The van der Waals surface area contributed by atoms with Crippen LogP contribution in [0.1, 0.15) is 12.5 Å². The fourth-order valence-corrected chi connectivity index (χ4v) is 1.40. The first kappa shape index (κ1) is 12.0. The minimum atomic E-state index is -0.917. The van der Waals surface area contributed by atoms with E-state index in [0.717, 1.165) is 11.1 Å². The molecule has 0 radical (unpaired) electrons. The van der Waals surface area contributed by atoms with E-state index in [0.29, 0.717) is 0 Å². The maximum Gasteiger partial charge on any atom is 0.328 e. The SMILES string of the molecule is CC(/C=C/c1ccc(I)cc1)=C\C(=O)O. The molecule has 0 heterocycles. The molecular weight excluding hydrogens is 303 g/mol. The van der Waals surface area contributed by atoms with E-state index in [-0.39, 0.29) is 0 Å². The van der Waals surface area contributed by atoms with Crippen molar-refractivity contribution < 1.29 is 9.90 Å². The number of carboxylic acid groups (broad SMARTS) is 1. The highest BCUT2D eigenvalue weighted by atomic mass is 127. The summed E-state index contributed by atoms with van der Waals surface area (Å²) in [6, 6.07) is 8.01. The van der Waals surface area contributed by atoms with Gasteiger partial charge in [0.25, 0.3) is 0 Å². The van der Waals surface area contributed by atoms with Gasteiger partial charge in [-0.15, -0.1) is 0 Å². The van der Waals surface area contributed by atoms with E-state index in [9.17, 15) is 4.79 Å². The Kier molecular flexibility index (Phi) is 4.55. The second-order valence-corrected chi connectivity index (χ2v) is 4.36. The number of hydrogen-bond donors (Lipinski definition) is 1. The van der Waals surface area contributed by atoms with E-state index in [4.69, 9.17) is 5.11 Å². The molecule has 0 bridgehead atoms. The third-order valence-electron chi connectivity index (χ3n) is 1.76. The summed E-state index contributed by atoms with van der Waals surface area (Å²) in [6.45, 7) is 1.76. The van der Waals surface area contributed by atoms with Crippen LogP contribution >= 0.6 is 22.6 Å². The van der Waals surface area contributed by atoms with Gasteiger partial charge in [0.1, 0.15) is 0 Å². The summed E-state index contributed by atoms with van der Waals surface area (Å²) in [4.78, 5) is 10.4. The predicted molar refractivity (Wildman–Crippen MR) is 69.6 cm³/mol. The fourth-order valence-electron chi connectivity index (χ4n) is 1.04. The topological polar surface area (TPSA) is 37.3 Å². The first-order valence-corrected chi connectivity index (χ1v) is 5.50. The number of carbonyl (C=O) groups is 1. The Labute approximate surface area is 102 Å². The Balaban J connectivity index is 2.73. The molecule has 1 rings (SSSR count). The minimum absolute atomic E-state index is 0.723. The van der Waals surface area contributed by atoms with Gasteiger partial charge < -0.3 is 5.11 Å². The standard InChI is InChI=1S/C12H11IO2/c1-9(8-12(14)15)2-3-10-4-6-11(13)7-5-10/h2-8H,1H3,(H,14,15)/b3-2+,9-8+. The number of carboxylic acids is 1. The largest absolute Gasteiger partial charge is 0.478 e. The van der Waals surface area contributed by atoms with Crippen molar-refractivity contribution in [2.45, 2.75) is 6.92 Å². The van der Waals surface area contributed by atoms with E-state index in [1.54, 1.807) is 13.0 Å². The lowest BCUT2D eigenvalue weighted by Crippen LogP contribution is -1.87. The molecular formula is C12H11IO2. The van der Waals surface area contributed by atoms with Gasteiger partial charge in [-0.1, -0.05) is 24.3 Å². The summed E-state index contributed by atoms with van der Waals surface area (Å²) in [5.41, 5.74) is 1.79. The van der Waals surface area contributed by atoms with Gasteiger partial charge in [0.15, 0.2) is 0 Å². The van der Waals surface area contributed by atoms with Crippen LogP contribution in [0.5, 0.6) is 0 Å². The normalized spacial score (nSPS) is 12.0. The minimum Gasteiger partial charge on any atom is -0.478 e. The van der Waals surface area contributed by atoms with Gasteiger partial charge >= 0.3 is 5.97 Å². The number of halogens is 1. The fraction of sp³-hybridized carbons (Fsp3) is 0.0833. The van der Waals surface area contributed by atoms with Crippen LogP contribution in [-0.4, -0.2) is 11.1 Å². The Bertz CT molecular complexity index is 402. The first-order valence-electron chi connectivity index (χ1n) is 4.43. The van der Waals surface area contributed by atoms with Crippen molar-refractivity contribution in [3.63, 3.8) is 0 Å². The molecule has 0 unspecified atom stereocenters. The number of benzene rings is 1. The first-order chi connectivity index (χ1) is 7.08. The molecule has 0 aliphatic heterocycles. The lowest BCUT2D eigenvalue weighted by molar-refractivity contribution is -0.131. The zero-order chi connectivity index (χ0) is 11.3. The summed E-state index contributed by atoms with van der Waals surface area (Å²) in [5.74, 6) is -0.917. The molecule has 3 heteroatoms. The Morgan fingerprint density at radius 1 is 1.33 bits per heavy atom. The molecule has 0 spiro atoms. The van der Waals surface area contributed by atoms with E-state index in [1.165, 1.54) is 9.65 Å². The van der Waals surface area contributed by atoms with Crippen molar-refractivity contribution in [3.05, 3.63) is 51.1 Å². The highest BCUT2D eigenvalue weighted by molar-refractivity contribution is 14.1. The lowest BCUT2D eigenvalue weighted by Gasteiger charge is -1.94. The van der Waals surface area contributed by atoms with Gasteiger partial charge in [-0.3, -0.25) is 0 Å². The van der Waals surface area contributed by atoms with E-state index in [1.807, 2.05) is 30.3 Å². The van der Waals surface area contributed by atoms with Crippen LogP contribution < -0.4 is 0 Å². The van der Waals surface area contributed by atoms with Gasteiger partial charge in [0, 0.05) is 9.65 Å². The van der Waals surface area contributed by atoms with Crippen molar-refractivity contribution in [2.75, 3.05) is 0 Å². The molecule has 0 amide bonds. The van der Waals surface area contributed by atoms with Crippen LogP contribution in [0.2, 0.25) is 0 Å². The van der Waals surface area contributed by atoms with E-state index in [2.05, 4.69) is 22.6 Å². The molecule has 0 saturated carbocycles. The predicted octanol–water partition coefficient (Wildman–Crippen LogP) is 3.34. The Morgan fingerprint density at radius 3 is 2.47 bits per heavy atom. The smallest absolute Gasteiger partial charge is 0.328 e. The van der Waals surface area contributed by atoms with Crippen molar-refractivity contribution in [1.82, 2.24) is 0 Å². The molecule has 0 aliphatic rings. The molecule has 78 valence electrons. The summed E-state index contributed by atoms with van der Waals surface area (Å²) < 4.78 is 1.18. The van der Waals surface area contributed by atoms with Crippen LogP contribution in [0.4, 0.5) is 0 Å². The van der Waals surface area contributed by atoms with Crippen molar-refractivity contribution in [3.8, 4) is 0 Å². The van der Waals surface area contributed by atoms with E-state index < -0.39 is 5.97 Å². The molecule has 1 aromatic rings.